The number of hydrogen-bond donors (Lipinski definition) is 7. The number of carbonyl (C=O) groups excluding carboxylic acids is 7. The molecule has 2 aliphatic heterocycles. The Labute approximate surface area is 522 Å². The molecule has 0 aliphatic carbocycles. The maximum absolute atomic E-state index is 14.5. The van der Waals surface area contributed by atoms with Crippen molar-refractivity contribution in [2.75, 3.05) is 52.7 Å². The van der Waals surface area contributed by atoms with Gasteiger partial charge in [0.1, 0.15) is 24.7 Å². The quantitative estimate of drug-likeness (QED) is 0.00942. The van der Waals surface area contributed by atoms with Crippen LogP contribution < -0.4 is 32.7 Å². The molecule has 6 rings (SSSR count). The second kappa shape index (κ2) is 34.6. The average Bonchev–Trinajstić information content (AvgIpc) is 1.62. The summed E-state index contributed by atoms with van der Waals surface area (Å²) < 4.78 is 66.0. The number of nitrogens with two attached hydrogens (primary N) is 1. The van der Waals surface area contributed by atoms with Crippen LogP contribution in [0.1, 0.15) is 125 Å². The van der Waals surface area contributed by atoms with Gasteiger partial charge in [-0.1, -0.05) is 80.9 Å². The number of primary amides is 1. The third-order valence-electron chi connectivity index (χ3n) is 15.9. The summed E-state index contributed by atoms with van der Waals surface area (Å²) in [6.07, 6.45) is 7.94. The minimum absolute atomic E-state index is 0.0532. The van der Waals surface area contributed by atoms with E-state index in [2.05, 4.69) is 33.6 Å². The van der Waals surface area contributed by atoms with Gasteiger partial charge < -0.3 is 55.3 Å². The lowest BCUT2D eigenvalue weighted by atomic mass is 10.0. The highest BCUT2D eigenvalue weighted by Gasteiger charge is 2.50. The van der Waals surface area contributed by atoms with E-state index >= 15 is 0 Å². The maximum atomic E-state index is 14.5. The van der Waals surface area contributed by atoms with Crippen LogP contribution in [-0.4, -0.2) is 142 Å². The van der Waals surface area contributed by atoms with Crippen LogP contribution in [0.25, 0.3) is 16.6 Å². The van der Waals surface area contributed by atoms with E-state index in [-0.39, 0.29) is 88.3 Å². The van der Waals surface area contributed by atoms with Gasteiger partial charge in [-0.3, -0.25) is 52.6 Å². The molecular formula is C64H85F2N8O15P. The van der Waals surface area contributed by atoms with Crippen molar-refractivity contribution < 1.29 is 75.6 Å². The smallest absolute Gasteiger partial charge is 0.379 e. The van der Waals surface area contributed by atoms with E-state index in [1.165, 1.54) is 32.2 Å². The number of carbonyl (C=O) groups is 7. The second-order valence-electron chi connectivity index (χ2n) is 22.7. The molecule has 1 aromatic heterocycles. The molecule has 90 heavy (non-hydrogen) atoms. The topological polar surface area (TPSA) is 318 Å². The van der Waals surface area contributed by atoms with Crippen molar-refractivity contribution in [2.45, 2.75) is 147 Å². The minimum Gasteiger partial charge on any atom is -0.379 e. The number of nitrogens with one attached hydrogen (secondary N) is 4. The Balaban J connectivity index is 0.884. The van der Waals surface area contributed by atoms with Crippen LogP contribution >= 0.6 is 7.60 Å². The van der Waals surface area contributed by atoms with E-state index in [0.29, 0.717) is 93.7 Å². The highest BCUT2D eigenvalue weighted by molar-refractivity contribution is 7.52. The van der Waals surface area contributed by atoms with E-state index in [9.17, 15) is 51.7 Å². The Kier molecular flexibility index (Phi) is 27.6. The molecule has 2 fully saturated rings. The number of allylic oxidation sites excluding steroid dienone is 2. The third kappa shape index (κ3) is 20.8. The lowest BCUT2D eigenvalue weighted by Gasteiger charge is -2.31. The molecule has 0 bridgehead atoms. The number of fused-ring (bicyclic) bond motifs is 1. The van der Waals surface area contributed by atoms with Crippen LogP contribution in [0.2, 0.25) is 0 Å². The summed E-state index contributed by atoms with van der Waals surface area (Å²) in [4.78, 5) is 124. The molecule has 2 aliphatic rings. The summed E-state index contributed by atoms with van der Waals surface area (Å²) in [6.45, 7) is 11.4. The number of rotatable bonds is 37. The van der Waals surface area contributed by atoms with Crippen LogP contribution in [0.5, 0.6) is 0 Å². The number of imidazole rings is 1. The zero-order valence-electron chi connectivity index (χ0n) is 51.6. The first kappa shape index (κ1) is 71.6. The Bertz CT molecular complexity index is 3320. The first-order valence-electron chi connectivity index (χ1n) is 30.4. The Morgan fingerprint density at radius 2 is 1.56 bits per heavy atom. The van der Waals surface area contributed by atoms with Crippen molar-refractivity contribution in [3.63, 3.8) is 0 Å². The molecule has 26 heteroatoms. The molecule has 1 unspecified atom stereocenters. The fourth-order valence-corrected chi connectivity index (χ4v) is 11.3. The van der Waals surface area contributed by atoms with Crippen molar-refractivity contribution in [2.24, 2.45) is 18.7 Å². The Morgan fingerprint density at radius 3 is 2.22 bits per heavy atom. The molecule has 3 aromatic carbocycles. The van der Waals surface area contributed by atoms with Gasteiger partial charge in [-0.05, 0) is 124 Å². The van der Waals surface area contributed by atoms with Crippen molar-refractivity contribution in [3.05, 3.63) is 129 Å². The summed E-state index contributed by atoms with van der Waals surface area (Å²) in [7, 11) is -4.13. The van der Waals surface area contributed by atoms with E-state index in [4.69, 9.17) is 34.5 Å². The van der Waals surface area contributed by atoms with Crippen LogP contribution in [0.3, 0.4) is 0 Å². The normalized spacial score (nSPS) is 17.3. The molecule has 6 atom stereocenters. The number of piperidine rings is 1. The number of unbranched alkanes of at least 4 members (excludes halogenated alkanes) is 1. The fourth-order valence-electron chi connectivity index (χ4n) is 10.8. The highest BCUT2D eigenvalue weighted by atomic mass is 31.2. The molecule has 23 nitrogen and oxygen atoms in total. The first-order valence-corrected chi connectivity index (χ1v) is 32.0. The van der Waals surface area contributed by atoms with Gasteiger partial charge in [0.2, 0.25) is 41.4 Å². The number of halogens is 2. The number of aryl methyl sites for hydroxylation is 3. The third-order valence-corrected chi connectivity index (χ3v) is 16.9. The highest BCUT2D eigenvalue weighted by Crippen LogP contribution is 2.59. The fraction of sp³-hybridized carbons (Fsp3) is 0.516. The first-order chi connectivity index (χ1) is 42.9. The van der Waals surface area contributed by atoms with E-state index in [1.807, 2.05) is 49.4 Å². The predicted octanol–water partition coefficient (Wildman–Crippen LogP) is 5.66. The molecule has 2 saturated heterocycles. The van der Waals surface area contributed by atoms with Crippen molar-refractivity contribution in [1.82, 2.24) is 35.3 Å². The molecule has 4 aromatic rings. The van der Waals surface area contributed by atoms with E-state index in [1.54, 1.807) is 27.0 Å². The summed E-state index contributed by atoms with van der Waals surface area (Å²) in [5.74, 6) is -3.39. The molecule has 8 N–H and O–H groups in total. The van der Waals surface area contributed by atoms with Crippen LogP contribution in [0.15, 0.2) is 96.0 Å². The lowest BCUT2D eigenvalue weighted by Crippen LogP contribution is -2.55. The number of alkyl halides is 2. The molecule has 7 amide bonds. The number of ether oxygens (including phenoxy) is 4. The molecule has 0 saturated carbocycles. The lowest BCUT2D eigenvalue weighted by molar-refractivity contribution is -0.141. The number of imide groups is 1. The Hall–Kier alpha value is -7.47. The second-order valence-corrected chi connectivity index (χ2v) is 24.4. The van der Waals surface area contributed by atoms with Gasteiger partial charge in [-0.25, -0.2) is 4.79 Å². The summed E-state index contributed by atoms with van der Waals surface area (Å²) in [6, 6.07) is 14.2. The molecule has 0 spiro atoms. The number of likely N-dealkylation sites (tertiary alicyclic amines) is 1. The molecule has 3 heterocycles. The van der Waals surface area contributed by atoms with Gasteiger partial charge in [0.05, 0.1) is 56.2 Å². The van der Waals surface area contributed by atoms with Gasteiger partial charge in [-0.15, -0.1) is 5.73 Å². The number of benzene rings is 3. The number of hydrogen-bond acceptors (Lipinski definition) is 13. The molecule has 490 valence electrons. The van der Waals surface area contributed by atoms with Crippen LogP contribution in [0, 0.1) is 5.92 Å². The van der Waals surface area contributed by atoms with Crippen molar-refractivity contribution in [1.29, 1.82) is 0 Å². The standard InChI is InChI=1S/C64H85F2N8O15P/c1-6-8-12-47-38-55(73(39-47)62(81)51(15-9-7-2)69-58(77)36-42(3)48-21-23-49(24-22-48)64(65,66)90(83,84)85)61(80)70-50(25-28-56(67)75)43(4)89-40-46-18-16-44(17-19-46)13-10-30-68-59(78)41-88-35-34-87-33-32-86-31-11-14-45-20-26-52-54(37-45)72(5)63(82)74(52)53-27-29-57(76)71-60(53)79/h8,16-24,26,36-37,43,47,50-51,53,55H,1,7,9-15,25,27-35,38-41H2,2-5H3,(H2,67,75)(H,68,78)(H,69,77)(H,70,80)(H,71,76,79)(H2,83,84,85)/b42-36+/t43-,47+,50+,51+,53?,55+/m1/s1. The summed E-state index contributed by atoms with van der Waals surface area (Å²) in [5.41, 5.74) is 7.59. The van der Waals surface area contributed by atoms with Crippen LogP contribution in [0.4, 0.5) is 8.78 Å². The number of nitrogens with zero attached hydrogens (tertiary/aromatic N) is 3. The molecule has 0 radical (unpaired) electrons. The summed E-state index contributed by atoms with van der Waals surface area (Å²) in [5, 5.41) is 11.0. The monoisotopic (exact) mass is 1270 g/mol. The maximum Gasteiger partial charge on any atom is 0.399 e. The predicted molar refractivity (Wildman–Crippen MR) is 331 cm³/mol. The largest absolute Gasteiger partial charge is 0.399 e. The van der Waals surface area contributed by atoms with Crippen LogP contribution in [-0.2, 0) is 89.2 Å². The van der Waals surface area contributed by atoms with Gasteiger partial charge >= 0.3 is 18.9 Å². The minimum atomic E-state index is -5.79. The number of amides is 7. The van der Waals surface area contributed by atoms with Crippen molar-refractivity contribution in [3.8, 4) is 0 Å². The van der Waals surface area contributed by atoms with Gasteiger partial charge in [0.15, 0.2) is 0 Å². The zero-order valence-corrected chi connectivity index (χ0v) is 52.5. The van der Waals surface area contributed by atoms with E-state index in [0.717, 1.165) is 35.2 Å². The SMILES string of the molecule is C=C=CC[C@H]1C[C@@H](C(=O)N[C@@H](CCC(N)=O)[C@@H](C)OCc2ccc(CCCNC(=O)COCCOCCOCCCc3ccc4c(c3)n(C)c(=O)n4C3CCC(=O)NC3=O)cc2)N(C(=O)[C@H](CCCC)NC(=O)/C=C(\C)c2ccc(C(F)(F)P(=O)(O)O)cc2)C1. The summed E-state index contributed by atoms with van der Waals surface area (Å²) >= 11 is 0. The average molecular weight is 1280 g/mol. The van der Waals surface area contributed by atoms with E-state index < -0.39 is 78.6 Å². The van der Waals surface area contributed by atoms with Crippen molar-refractivity contribution >= 4 is 65.6 Å². The molecular weight excluding hydrogens is 1190 g/mol. The Morgan fingerprint density at radius 1 is 0.889 bits per heavy atom. The van der Waals surface area contributed by atoms with Gasteiger partial charge in [-0.2, -0.15) is 8.78 Å². The van der Waals surface area contributed by atoms with Gasteiger partial charge in [0, 0.05) is 51.2 Å². The number of aromatic nitrogens is 2. The zero-order chi connectivity index (χ0) is 65.5. The van der Waals surface area contributed by atoms with Gasteiger partial charge in [0.25, 0.3) is 0 Å².